The number of nitrogens with one attached hydrogen (secondary N) is 2. The molecule has 20 heavy (non-hydrogen) atoms. The number of likely N-dealkylation sites (N-methyl/N-ethyl adjacent to an activating group) is 1. The Morgan fingerprint density at radius 1 is 1.35 bits per heavy atom. The number of anilines is 1. The van der Waals surface area contributed by atoms with Gasteiger partial charge in [0.25, 0.3) is 0 Å². The number of fused-ring (bicyclic) bond motifs is 1. The maximum Gasteiger partial charge on any atom is 0.241 e. The van der Waals surface area contributed by atoms with Crippen LogP contribution in [0.2, 0.25) is 0 Å². The minimum Gasteiger partial charge on any atom is -0.454 e. The van der Waals surface area contributed by atoms with Gasteiger partial charge in [-0.05, 0) is 33.2 Å². The number of carbonyl (C=O) groups excluding carboxylic acids is 1. The van der Waals surface area contributed by atoms with Gasteiger partial charge in [0.2, 0.25) is 12.7 Å². The molecule has 0 aliphatic carbocycles. The van der Waals surface area contributed by atoms with Gasteiger partial charge >= 0.3 is 0 Å². The molecule has 0 radical (unpaired) electrons. The molecule has 1 aliphatic heterocycles. The zero-order valence-corrected chi connectivity index (χ0v) is 12.1. The topological polar surface area (TPSA) is 62.8 Å². The Bertz CT molecular complexity index is 477. The summed E-state index contributed by atoms with van der Waals surface area (Å²) >= 11 is 0. The van der Waals surface area contributed by atoms with Gasteiger partial charge in [0, 0.05) is 24.8 Å². The van der Waals surface area contributed by atoms with Crippen LogP contribution < -0.4 is 20.1 Å². The van der Waals surface area contributed by atoms with Crippen LogP contribution in [0.4, 0.5) is 5.69 Å². The van der Waals surface area contributed by atoms with E-state index in [9.17, 15) is 4.79 Å². The summed E-state index contributed by atoms with van der Waals surface area (Å²) in [4.78, 5) is 14.1. The van der Waals surface area contributed by atoms with Crippen LogP contribution in [-0.2, 0) is 4.79 Å². The number of nitrogens with zero attached hydrogens (tertiary/aromatic N) is 1. The summed E-state index contributed by atoms with van der Waals surface area (Å²) in [5.74, 6) is 1.30. The lowest BCUT2D eigenvalue weighted by Gasteiger charge is -2.16. The monoisotopic (exact) mass is 279 g/mol. The van der Waals surface area contributed by atoms with Crippen molar-refractivity contribution in [2.75, 3.05) is 39.3 Å². The Balaban J connectivity index is 1.84. The Hall–Kier alpha value is -1.79. The van der Waals surface area contributed by atoms with Crippen LogP contribution in [-0.4, -0.2) is 50.8 Å². The summed E-state index contributed by atoms with van der Waals surface area (Å²) in [5, 5.41) is 6.04. The number of ether oxygens (including phenoxy) is 2. The van der Waals surface area contributed by atoms with Gasteiger partial charge in [-0.3, -0.25) is 4.79 Å². The smallest absolute Gasteiger partial charge is 0.241 e. The Morgan fingerprint density at radius 2 is 2.10 bits per heavy atom. The van der Waals surface area contributed by atoms with Gasteiger partial charge in [-0.2, -0.15) is 0 Å². The molecule has 0 bridgehead atoms. The third kappa shape index (κ3) is 3.85. The Labute approximate surface area is 119 Å². The van der Waals surface area contributed by atoms with E-state index in [1.54, 1.807) is 18.2 Å². The molecule has 0 aromatic heterocycles. The van der Waals surface area contributed by atoms with Crippen LogP contribution in [0.3, 0.4) is 0 Å². The first-order chi connectivity index (χ1) is 9.56. The molecular weight excluding hydrogens is 258 g/mol. The normalized spacial score (nSPS) is 14.4. The number of hydrogen-bond acceptors (Lipinski definition) is 5. The molecule has 1 amide bonds. The fourth-order valence-corrected chi connectivity index (χ4v) is 1.82. The summed E-state index contributed by atoms with van der Waals surface area (Å²) in [6, 6.07) is 5.12. The lowest BCUT2D eigenvalue weighted by Crippen LogP contribution is -2.41. The van der Waals surface area contributed by atoms with Crippen molar-refractivity contribution in [1.82, 2.24) is 10.2 Å². The molecule has 0 saturated heterocycles. The van der Waals surface area contributed by atoms with E-state index in [0.717, 1.165) is 13.1 Å². The van der Waals surface area contributed by atoms with Gasteiger partial charge in [0.05, 0.1) is 6.04 Å². The number of rotatable bonds is 6. The van der Waals surface area contributed by atoms with Crippen molar-refractivity contribution >= 4 is 11.6 Å². The van der Waals surface area contributed by atoms with E-state index in [-0.39, 0.29) is 18.7 Å². The molecule has 1 aliphatic rings. The van der Waals surface area contributed by atoms with Gasteiger partial charge in [-0.1, -0.05) is 0 Å². The van der Waals surface area contributed by atoms with Crippen LogP contribution in [0.25, 0.3) is 0 Å². The molecule has 110 valence electrons. The van der Waals surface area contributed by atoms with Crippen molar-refractivity contribution < 1.29 is 14.3 Å². The predicted octanol–water partition coefficient (Wildman–Crippen LogP) is 0.893. The Kier molecular flexibility index (Phi) is 4.81. The summed E-state index contributed by atoms with van der Waals surface area (Å²) in [6.07, 6.45) is 0. The summed E-state index contributed by atoms with van der Waals surface area (Å²) < 4.78 is 10.5. The van der Waals surface area contributed by atoms with Crippen molar-refractivity contribution in [3.05, 3.63) is 18.2 Å². The van der Waals surface area contributed by atoms with E-state index in [1.807, 2.05) is 21.0 Å². The van der Waals surface area contributed by atoms with E-state index in [0.29, 0.717) is 17.2 Å². The molecule has 1 aromatic carbocycles. The van der Waals surface area contributed by atoms with E-state index in [2.05, 4.69) is 15.5 Å². The predicted molar refractivity (Wildman–Crippen MR) is 77.2 cm³/mol. The second kappa shape index (κ2) is 6.58. The highest BCUT2D eigenvalue weighted by atomic mass is 16.7. The second-order valence-electron chi connectivity index (χ2n) is 5.04. The van der Waals surface area contributed by atoms with Crippen LogP contribution >= 0.6 is 0 Å². The summed E-state index contributed by atoms with van der Waals surface area (Å²) in [6.45, 7) is 3.73. The van der Waals surface area contributed by atoms with Crippen LogP contribution in [0.5, 0.6) is 11.5 Å². The fourth-order valence-electron chi connectivity index (χ4n) is 1.82. The zero-order valence-electron chi connectivity index (χ0n) is 12.1. The fraction of sp³-hybridized carbons (Fsp3) is 0.500. The lowest BCUT2D eigenvalue weighted by molar-refractivity contribution is -0.117. The SMILES string of the molecule is C[C@@H](NCCN(C)C)C(=O)Nc1ccc2c(c1)OCO2. The lowest BCUT2D eigenvalue weighted by atomic mass is 10.2. The Morgan fingerprint density at radius 3 is 2.85 bits per heavy atom. The molecule has 0 saturated carbocycles. The molecule has 2 rings (SSSR count). The molecule has 1 atom stereocenters. The maximum atomic E-state index is 12.0. The van der Waals surface area contributed by atoms with Crippen LogP contribution in [0.1, 0.15) is 6.92 Å². The molecule has 0 unspecified atom stereocenters. The maximum absolute atomic E-state index is 12.0. The van der Waals surface area contributed by atoms with Gasteiger partial charge in [-0.15, -0.1) is 0 Å². The molecular formula is C14H21N3O3. The molecule has 1 aromatic rings. The van der Waals surface area contributed by atoms with Gasteiger partial charge in [0.1, 0.15) is 0 Å². The largest absolute Gasteiger partial charge is 0.454 e. The van der Waals surface area contributed by atoms with Crippen molar-refractivity contribution in [3.63, 3.8) is 0 Å². The third-order valence-electron chi connectivity index (χ3n) is 3.04. The highest BCUT2D eigenvalue weighted by molar-refractivity contribution is 5.94. The number of hydrogen-bond donors (Lipinski definition) is 2. The first kappa shape index (κ1) is 14.6. The van der Waals surface area contributed by atoms with E-state index in [1.165, 1.54) is 0 Å². The second-order valence-corrected chi connectivity index (χ2v) is 5.04. The molecule has 6 nitrogen and oxygen atoms in total. The zero-order chi connectivity index (χ0) is 14.5. The highest BCUT2D eigenvalue weighted by Gasteiger charge is 2.16. The number of carbonyl (C=O) groups is 1. The van der Waals surface area contributed by atoms with Crippen molar-refractivity contribution in [2.24, 2.45) is 0 Å². The number of amides is 1. The quantitative estimate of drug-likeness (QED) is 0.810. The van der Waals surface area contributed by atoms with Crippen LogP contribution in [0, 0.1) is 0 Å². The molecule has 0 fully saturated rings. The van der Waals surface area contributed by atoms with E-state index < -0.39 is 0 Å². The average Bonchev–Trinajstić information content (AvgIpc) is 2.85. The average molecular weight is 279 g/mol. The first-order valence-corrected chi connectivity index (χ1v) is 6.65. The van der Waals surface area contributed by atoms with E-state index in [4.69, 9.17) is 9.47 Å². The minimum atomic E-state index is -0.250. The van der Waals surface area contributed by atoms with E-state index >= 15 is 0 Å². The van der Waals surface area contributed by atoms with Gasteiger partial charge < -0.3 is 25.0 Å². The van der Waals surface area contributed by atoms with Gasteiger partial charge in [-0.25, -0.2) is 0 Å². The highest BCUT2D eigenvalue weighted by Crippen LogP contribution is 2.34. The van der Waals surface area contributed by atoms with Crippen LogP contribution in [0.15, 0.2) is 18.2 Å². The molecule has 1 heterocycles. The summed E-state index contributed by atoms with van der Waals surface area (Å²) in [5.41, 5.74) is 0.709. The summed E-state index contributed by atoms with van der Waals surface area (Å²) in [7, 11) is 4.00. The minimum absolute atomic E-state index is 0.0670. The van der Waals surface area contributed by atoms with Gasteiger partial charge in [0.15, 0.2) is 11.5 Å². The molecule has 6 heteroatoms. The third-order valence-corrected chi connectivity index (χ3v) is 3.04. The number of benzene rings is 1. The molecule has 0 spiro atoms. The molecule has 2 N–H and O–H groups in total. The standard InChI is InChI=1S/C14H21N3O3/c1-10(15-6-7-17(2)3)14(18)16-11-4-5-12-13(8-11)20-9-19-12/h4-5,8,10,15H,6-7,9H2,1-3H3,(H,16,18)/t10-/m1/s1. The van der Waals surface area contributed by atoms with Crippen molar-refractivity contribution in [1.29, 1.82) is 0 Å². The van der Waals surface area contributed by atoms with Crippen molar-refractivity contribution in [3.8, 4) is 11.5 Å². The first-order valence-electron chi connectivity index (χ1n) is 6.65. The van der Waals surface area contributed by atoms with Crippen molar-refractivity contribution in [2.45, 2.75) is 13.0 Å².